The Balaban J connectivity index is 3.43. The highest BCUT2D eigenvalue weighted by molar-refractivity contribution is 5.76. The first-order chi connectivity index (χ1) is 38.0. The lowest BCUT2D eigenvalue weighted by Gasteiger charge is -2.22. The Morgan fingerprint density at radius 1 is 0.364 bits per heavy atom. The predicted molar refractivity (Wildman–Crippen MR) is 338 cm³/mol. The van der Waals surface area contributed by atoms with E-state index in [0.717, 1.165) is 51.4 Å². The number of carbonyl (C=O) groups is 2. The fraction of sp³-hybridized carbons (Fsp3) is 0.887. The van der Waals surface area contributed by atoms with Crippen molar-refractivity contribution in [2.24, 2.45) is 0 Å². The summed E-state index contributed by atoms with van der Waals surface area (Å²) in [5.41, 5.74) is 0. The van der Waals surface area contributed by atoms with E-state index >= 15 is 0 Å². The molecular formula is C71H135NO5. The Kier molecular flexibility index (Phi) is 64.9. The largest absolute Gasteiger partial charge is 0.466 e. The molecule has 0 heterocycles. The van der Waals surface area contributed by atoms with Gasteiger partial charge in [0.1, 0.15) is 0 Å². The quantitative estimate of drug-likeness (QED) is 0.0320. The van der Waals surface area contributed by atoms with E-state index in [2.05, 4.69) is 55.6 Å². The van der Waals surface area contributed by atoms with Gasteiger partial charge in [-0.25, -0.2) is 0 Å². The first kappa shape index (κ1) is 75.1. The Labute approximate surface area is 481 Å². The average molecular weight is 1080 g/mol. The average Bonchev–Trinajstić information content (AvgIpc) is 3.43. The van der Waals surface area contributed by atoms with Gasteiger partial charge in [-0.2, -0.15) is 0 Å². The van der Waals surface area contributed by atoms with Crippen LogP contribution in [0.25, 0.3) is 0 Å². The molecule has 0 saturated carbocycles. The number of allylic oxidation sites excluding steroid dienone is 6. The van der Waals surface area contributed by atoms with Crippen molar-refractivity contribution in [3.05, 3.63) is 36.5 Å². The molecule has 0 bridgehead atoms. The van der Waals surface area contributed by atoms with Crippen molar-refractivity contribution in [1.82, 2.24) is 5.32 Å². The molecule has 0 aromatic rings. The van der Waals surface area contributed by atoms with E-state index in [0.29, 0.717) is 25.9 Å². The van der Waals surface area contributed by atoms with Crippen LogP contribution in [-0.4, -0.2) is 47.4 Å². The van der Waals surface area contributed by atoms with Gasteiger partial charge in [-0.15, -0.1) is 0 Å². The van der Waals surface area contributed by atoms with Gasteiger partial charge in [0.15, 0.2) is 0 Å². The fourth-order valence-electron chi connectivity index (χ4n) is 10.8. The maximum Gasteiger partial charge on any atom is 0.305 e. The van der Waals surface area contributed by atoms with Gasteiger partial charge in [0.2, 0.25) is 5.91 Å². The molecule has 0 rings (SSSR count). The van der Waals surface area contributed by atoms with Gasteiger partial charge in [0.25, 0.3) is 0 Å². The highest BCUT2D eigenvalue weighted by atomic mass is 16.5. The molecule has 6 heteroatoms. The zero-order chi connectivity index (χ0) is 55.7. The number of carbonyl (C=O) groups excluding carboxylic acids is 2. The monoisotopic (exact) mass is 1080 g/mol. The van der Waals surface area contributed by atoms with Gasteiger partial charge >= 0.3 is 5.97 Å². The standard InChI is InChI=1S/C71H135NO5/c1-3-5-7-9-11-13-15-17-19-20-21-29-32-36-39-43-47-51-55-59-63-69(74)68(67-73)72-70(75)64-60-56-52-48-44-40-37-33-30-27-25-23-22-24-26-28-31-34-38-42-46-50-54-58-62-66-77-71(76)65-61-57-53-49-45-41-35-18-16-14-12-10-8-6-4-2/h18,23-26,35,68-69,73-74H,3-17,19-22,27-34,36-67H2,1-2H3,(H,72,75)/b25-23-,26-24-,35-18-. The Hall–Kier alpha value is -1.92. The third-order valence-corrected chi connectivity index (χ3v) is 16.2. The van der Waals surface area contributed by atoms with Crippen LogP contribution in [0.2, 0.25) is 0 Å². The second kappa shape index (κ2) is 66.6. The number of unbranched alkanes of at least 4 members (excludes halogenated alkanes) is 48. The highest BCUT2D eigenvalue weighted by Crippen LogP contribution is 2.18. The molecule has 0 radical (unpaired) electrons. The Bertz CT molecular complexity index is 1250. The molecule has 1 amide bonds. The van der Waals surface area contributed by atoms with Gasteiger partial charge in [-0.3, -0.25) is 9.59 Å². The van der Waals surface area contributed by atoms with Crippen molar-refractivity contribution < 1.29 is 24.5 Å². The van der Waals surface area contributed by atoms with Gasteiger partial charge in [0.05, 0.1) is 25.4 Å². The lowest BCUT2D eigenvalue weighted by Crippen LogP contribution is -2.45. The van der Waals surface area contributed by atoms with E-state index < -0.39 is 12.1 Å². The SMILES string of the molecule is CCCCCCCC/C=C\CCCCCCCC(=O)OCCCCCCCCCCC/C=C\C/C=C\CCCCCCCCCCCC(=O)NC(CO)C(O)CCCCCCCCCCCCCCCCCCCCCC. The smallest absolute Gasteiger partial charge is 0.305 e. The van der Waals surface area contributed by atoms with Gasteiger partial charge < -0.3 is 20.3 Å². The van der Waals surface area contributed by atoms with Crippen molar-refractivity contribution in [2.75, 3.05) is 13.2 Å². The third-order valence-electron chi connectivity index (χ3n) is 16.2. The normalized spacial score (nSPS) is 12.7. The zero-order valence-corrected chi connectivity index (χ0v) is 52.0. The molecule has 0 saturated heterocycles. The maximum atomic E-state index is 12.5. The highest BCUT2D eigenvalue weighted by Gasteiger charge is 2.20. The molecule has 2 atom stereocenters. The zero-order valence-electron chi connectivity index (χ0n) is 52.0. The summed E-state index contributed by atoms with van der Waals surface area (Å²) in [6.45, 7) is 4.97. The molecular weight excluding hydrogens is 947 g/mol. The molecule has 77 heavy (non-hydrogen) atoms. The van der Waals surface area contributed by atoms with Crippen molar-refractivity contribution in [2.45, 2.75) is 392 Å². The Morgan fingerprint density at radius 2 is 0.649 bits per heavy atom. The van der Waals surface area contributed by atoms with Crippen LogP contribution in [-0.2, 0) is 14.3 Å². The number of esters is 1. The van der Waals surface area contributed by atoms with Crippen LogP contribution in [0.15, 0.2) is 36.5 Å². The first-order valence-electron chi connectivity index (χ1n) is 34.7. The summed E-state index contributed by atoms with van der Waals surface area (Å²) < 4.78 is 5.48. The number of amides is 1. The lowest BCUT2D eigenvalue weighted by molar-refractivity contribution is -0.143. The van der Waals surface area contributed by atoms with Crippen molar-refractivity contribution in [3.8, 4) is 0 Å². The summed E-state index contributed by atoms with van der Waals surface area (Å²) in [6, 6.07) is -0.547. The number of hydrogen-bond acceptors (Lipinski definition) is 5. The molecule has 6 nitrogen and oxygen atoms in total. The van der Waals surface area contributed by atoms with E-state index in [4.69, 9.17) is 4.74 Å². The minimum atomic E-state index is -0.670. The summed E-state index contributed by atoms with van der Waals surface area (Å²) in [7, 11) is 0. The first-order valence-corrected chi connectivity index (χ1v) is 34.7. The molecule has 0 aromatic heterocycles. The van der Waals surface area contributed by atoms with Crippen LogP contribution in [0.3, 0.4) is 0 Å². The molecule has 0 spiro atoms. The molecule has 3 N–H and O–H groups in total. The van der Waals surface area contributed by atoms with Crippen LogP contribution >= 0.6 is 0 Å². The number of rotatable bonds is 65. The van der Waals surface area contributed by atoms with Crippen molar-refractivity contribution in [1.29, 1.82) is 0 Å². The number of nitrogens with one attached hydrogen (secondary N) is 1. The van der Waals surface area contributed by atoms with Crippen LogP contribution in [0, 0.1) is 0 Å². The number of aliphatic hydroxyl groups is 2. The second-order valence-corrected chi connectivity index (χ2v) is 23.9. The minimum absolute atomic E-state index is 0.00157. The van der Waals surface area contributed by atoms with Crippen LogP contribution in [0.5, 0.6) is 0 Å². The van der Waals surface area contributed by atoms with Crippen LogP contribution in [0.1, 0.15) is 380 Å². The van der Waals surface area contributed by atoms with E-state index in [9.17, 15) is 19.8 Å². The summed E-state index contributed by atoms with van der Waals surface area (Å²) in [6.07, 6.45) is 84.6. The predicted octanol–water partition coefficient (Wildman–Crippen LogP) is 22.3. The molecule has 0 aromatic carbocycles. The molecule has 0 fully saturated rings. The third kappa shape index (κ3) is 63.1. The summed E-state index contributed by atoms with van der Waals surface area (Å²) in [5, 5.41) is 23.4. The number of ether oxygens (including phenoxy) is 1. The summed E-state index contributed by atoms with van der Waals surface area (Å²) in [4.78, 5) is 24.6. The van der Waals surface area contributed by atoms with Crippen LogP contribution in [0.4, 0.5) is 0 Å². The van der Waals surface area contributed by atoms with E-state index in [-0.39, 0.29) is 18.5 Å². The minimum Gasteiger partial charge on any atom is -0.466 e. The number of aliphatic hydroxyl groups excluding tert-OH is 2. The van der Waals surface area contributed by atoms with Crippen molar-refractivity contribution >= 4 is 11.9 Å². The van der Waals surface area contributed by atoms with Crippen LogP contribution < -0.4 is 5.32 Å². The van der Waals surface area contributed by atoms with Gasteiger partial charge in [0, 0.05) is 12.8 Å². The molecule has 0 aliphatic rings. The molecule has 0 aliphatic carbocycles. The second-order valence-electron chi connectivity index (χ2n) is 23.9. The fourth-order valence-corrected chi connectivity index (χ4v) is 10.8. The van der Waals surface area contributed by atoms with Gasteiger partial charge in [-0.05, 0) is 83.5 Å². The summed E-state index contributed by atoms with van der Waals surface area (Å²) >= 11 is 0. The molecule has 454 valence electrons. The number of hydrogen-bond donors (Lipinski definition) is 3. The molecule has 2 unspecified atom stereocenters. The van der Waals surface area contributed by atoms with Crippen molar-refractivity contribution in [3.63, 3.8) is 0 Å². The van der Waals surface area contributed by atoms with E-state index in [1.807, 2.05) is 0 Å². The van der Waals surface area contributed by atoms with E-state index in [1.54, 1.807) is 0 Å². The Morgan fingerprint density at radius 3 is 1.00 bits per heavy atom. The summed E-state index contributed by atoms with van der Waals surface area (Å²) in [5.74, 6) is -0.0362. The lowest BCUT2D eigenvalue weighted by atomic mass is 10.0. The maximum absolute atomic E-state index is 12.5. The van der Waals surface area contributed by atoms with Gasteiger partial charge in [-0.1, -0.05) is 320 Å². The van der Waals surface area contributed by atoms with E-state index in [1.165, 1.54) is 295 Å². The topological polar surface area (TPSA) is 95.9 Å². The molecule has 0 aliphatic heterocycles.